The van der Waals surface area contributed by atoms with Gasteiger partial charge in [-0.3, -0.25) is 10.9 Å². The second kappa shape index (κ2) is 4.11. The molecule has 0 aromatic rings. The molecule has 0 unspecified atom stereocenters. The van der Waals surface area contributed by atoms with Crippen molar-refractivity contribution in [2.75, 3.05) is 13.6 Å². The van der Waals surface area contributed by atoms with E-state index in [9.17, 15) is 4.79 Å². The Kier molecular flexibility index (Phi) is 3.74. The summed E-state index contributed by atoms with van der Waals surface area (Å²) in [5.41, 5.74) is 4.38. The maximum Gasteiger partial charge on any atom is 0.343 e. The Balaban J connectivity index is 3.34. The number of hydrogen-bond acceptors (Lipinski definition) is 3. The van der Waals surface area contributed by atoms with E-state index in [1.807, 2.05) is 12.3 Å². The van der Waals surface area contributed by atoms with Crippen LogP contribution in [0.2, 0.25) is 0 Å². The van der Waals surface area contributed by atoms with E-state index in [4.69, 9.17) is 5.84 Å². The molecule has 0 aliphatic rings. The summed E-state index contributed by atoms with van der Waals surface area (Å²) in [7, 11) is 1.75. The second-order valence-electron chi connectivity index (χ2n) is 1.60. The van der Waals surface area contributed by atoms with Crippen molar-refractivity contribution in [3.8, 4) is 0 Å². The standard InChI is InChI=1S/C4H12N4O/c1-3-8(2)7-4(9)6-5/h3,5H2,1-2H3,(H2,6,7,9). The first-order valence-electron chi connectivity index (χ1n) is 2.69. The zero-order chi connectivity index (χ0) is 7.28. The van der Waals surface area contributed by atoms with Crippen molar-refractivity contribution < 1.29 is 4.79 Å². The van der Waals surface area contributed by atoms with Crippen LogP contribution in [-0.2, 0) is 0 Å². The van der Waals surface area contributed by atoms with Gasteiger partial charge in [-0.2, -0.15) is 0 Å². The summed E-state index contributed by atoms with van der Waals surface area (Å²) >= 11 is 0. The van der Waals surface area contributed by atoms with Gasteiger partial charge in [-0.15, -0.1) is 0 Å². The van der Waals surface area contributed by atoms with Gasteiger partial charge >= 0.3 is 6.03 Å². The van der Waals surface area contributed by atoms with Crippen molar-refractivity contribution in [2.45, 2.75) is 6.92 Å². The van der Waals surface area contributed by atoms with Gasteiger partial charge < -0.3 is 0 Å². The maximum absolute atomic E-state index is 10.4. The lowest BCUT2D eigenvalue weighted by Crippen LogP contribution is -2.47. The van der Waals surface area contributed by atoms with Gasteiger partial charge in [0.15, 0.2) is 0 Å². The van der Waals surface area contributed by atoms with Gasteiger partial charge in [0.2, 0.25) is 0 Å². The first-order valence-corrected chi connectivity index (χ1v) is 2.69. The van der Waals surface area contributed by atoms with Crippen LogP contribution in [-0.4, -0.2) is 24.6 Å². The zero-order valence-electron chi connectivity index (χ0n) is 5.64. The molecule has 0 heterocycles. The molecule has 0 aromatic heterocycles. The van der Waals surface area contributed by atoms with E-state index in [-0.39, 0.29) is 0 Å². The van der Waals surface area contributed by atoms with Gasteiger partial charge in [-0.05, 0) is 0 Å². The zero-order valence-corrected chi connectivity index (χ0v) is 5.64. The summed E-state index contributed by atoms with van der Waals surface area (Å²) < 4.78 is 0. The van der Waals surface area contributed by atoms with Crippen LogP contribution >= 0.6 is 0 Å². The van der Waals surface area contributed by atoms with Crippen LogP contribution < -0.4 is 16.7 Å². The quantitative estimate of drug-likeness (QED) is 0.257. The fourth-order valence-electron chi connectivity index (χ4n) is 0.285. The van der Waals surface area contributed by atoms with Gasteiger partial charge in [-0.1, -0.05) is 6.92 Å². The van der Waals surface area contributed by atoms with E-state index in [0.717, 1.165) is 6.54 Å². The highest BCUT2D eigenvalue weighted by atomic mass is 16.2. The van der Waals surface area contributed by atoms with Crippen molar-refractivity contribution in [3.05, 3.63) is 0 Å². The number of nitrogens with two attached hydrogens (primary N) is 1. The van der Waals surface area contributed by atoms with Crippen molar-refractivity contribution >= 4 is 6.03 Å². The Bertz CT molecular complexity index is 94.6. The smallest absolute Gasteiger partial charge is 0.275 e. The van der Waals surface area contributed by atoms with Crippen LogP contribution in [0.15, 0.2) is 0 Å². The van der Waals surface area contributed by atoms with Crippen LogP contribution in [0.4, 0.5) is 4.79 Å². The topological polar surface area (TPSA) is 70.4 Å². The molecule has 9 heavy (non-hydrogen) atoms. The third kappa shape index (κ3) is 3.75. The summed E-state index contributed by atoms with van der Waals surface area (Å²) in [6.45, 7) is 2.66. The molecule has 0 radical (unpaired) electrons. The Morgan fingerprint density at radius 3 is 2.67 bits per heavy atom. The summed E-state index contributed by atoms with van der Waals surface area (Å²) in [5, 5.41) is 1.61. The summed E-state index contributed by atoms with van der Waals surface area (Å²) in [6, 6.07) is -0.403. The van der Waals surface area contributed by atoms with Crippen LogP contribution in [0, 0.1) is 0 Å². The Hall–Kier alpha value is -0.810. The fraction of sp³-hybridized carbons (Fsp3) is 0.750. The molecule has 54 valence electrons. The molecule has 0 spiro atoms. The molecule has 0 bridgehead atoms. The van der Waals surface area contributed by atoms with Gasteiger partial charge in [0.25, 0.3) is 0 Å². The monoisotopic (exact) mass is 132 g/mol. The molecule has 0 aliphatic heterocycles. The average molecular weight is 132 g/mol. The number of amides is 2. The minimum Gasteiger partial charge on any atom is -0.275 e. The number of nitrogens with zero attached hydrogens (tertiary/aromatic N) is 1. The van der Waals surface area contributed by atoms with Gasteiger partial charge in [0.05, 0.1) is 0 Å². The molecule has 0 atom stereocenters. The summed E-state index contributed by atoms with van der Waals surface area (Å²) in [4.78, 5) is 10.4. The van der Waals surface area contributed by atoms with E-state index in [1.54, 1.807) is 12.1 Å². The molecule has 5 nitrogen and oxygen atoms in total. The third-order valence-corrected chi connectivity index (χ3v) is 0.898. The van der Waals surface area contributed by atoms with E-state index in [2.05, 4.69) is 5.43 Å². The molecular weight excluding hydrogens is 120 g/mol. The highest BCUT2D eigenvalue weighted by Gasteiger charge is 1.96. The SMILES string of the molecule is CCN(C)NC(=O)NN. The number of urea groups is 1. The lowest BCUT2D eigenvalue weighted by atomic mass is 10.7. The maximum atomic E-state index is 10.4. The lowest BCUT2D eigenvalue weighted by Gasteiger charge is -2.13. The Morgan fingerprint density at radius 2 is 2.33 bits per heavy atom. The van der Waals surface area contributed by atoms with E-state index in [1.165, 1.54) is 0 Å². The minimum absolute atomic E-state index is 0.403. The first kappa shape index (κ1) is 8.19. The predicted molar refractivity (Wildman–Crippen MR) is 34.2 cm³/mol. The highest BCUT2D eigenvalue weighted by molar-refractivity contribution is 5.72. The van der Waals surface area contributed by atoms with E-state index in [0.29, 0.717) is 0 Å². The number of rotatable bonds is 2. The minimum atomic E-state index is -0.403. The second-order valence-corrected chi connectivity index (χ2v) is 1.60. The number of carbonyl (C=O) groups is 1. The first-order chi connectivity index (χ1) is 4.20. The third-order valence-electron chi connectivity index (χ3n) is 0.898. The number of carbonyl (C=O) groups excluding carboxylic acids is 1. The molecule has 2 amide bonds. The predicted octanol–water partition coefficient (Wildman–Crippen LogP) is -0.974. The lowest BCUT2D eigenvalue weighted by molar-refractivity contribution is 0.202. The van der Waals surface area contributed by atoms with Gasteiger partial charge in [0.1, 0.15) is 0 Å². The largest absolute Gasteiger partial charge is 0.343 e. The van der Waals surface area contributed by atoms with Crippen molar-refractivity contribution in [2.24, 2.45) is 5.84 Å². The van der Waals surface area contributed by atoms with Crippen LogP contribution in [0.3, 0.4) is 0 Å². The Morgan fingerprint density at radius 1 is 1.78 bits per heavy atom. The number of nitrogens with one attached hydrogen (secondary N) is 2. The normalized spacial score (nSPS) is 9.33. The molecule has 5 heteroatoms. The van der Waals surface area contributed by atoms with Crippen molar-refractivity contribution in [1.82, 2.24) is 15.9 Å². The summed E-state index contributed by atoms with van der Waals surface area (Å²) in [6.07, 6.45) is 0. The molecule has 0 fully saturated rings. The molecule has 0 rings (SSSR count). The highest BCUT2D eigenvalue weighted by Crippen LogP contribution is 1.70. The molecule has 0 aromatic carbocycles. The molecule has 0 aliphatic carbocycles. The van der Waals surface area contributed by atoms with E-state index >= 15 is 0 Å². The van der Waals surface area contributed by atoms with Crippen molar-refractivity contribution in [1.29, 1.82) is 0 Å². The van der Waals surface area contributed by atoms with Crippen LogP contribution in [0.25, 0.3) is 0 Å². The number of hydrazine groups is 2. The van der Waals surface area contributed by atoms with E-state index < -0.39 is 6.03 Å². The molecule has 0 saturated carbocycles. The van der Waals surface area contributed by atoms with Crippen LogP contribution in [0.1, 0.15) is 6.92 Å². The van der Waals surface area contributed by atoms with Gasteiger partial charge in [0, 0.05) is 13.6 Å². The molecule has 0 saturated heterocycles. The average Bonchev–Trinajstić information content (AvgIpc) is 1.87. The fourth-order valence-corrected chi connectivity index (χ4v) is 0.285. The van der Waals surface area contributed by atoms with Gasteiger partial charge in [-0.25, -0.2) is 15.6 Å². The van der Waals surface area contributed by atoms with Crippen molar-refractivity contribution in [3.63, 3.8) is 0 Å². The Labute approximate surface area is 54.1 Å². The summed E-state index contributed by atoms with van der Waals surface area (Å²) in [5.74, 6) is 4.79. The number of hydrogen-bond donors (Lipinski definition) is 3. The molecule has 4 N–H and O–H groups in total. The molecular formula is C4H12N4O. The van der Waals surface area contributed by atoms with Crippen LogP contribution in [0.5, 0.6) is 0 Å².